The van der Waals surface area contributed by atoms with Gasteiger partial charge in [0.15, 0.2) is 11.3 Å². The average molecular weight is 250 g/mol. The summed E-state index contributed by atoms with van der Waals surface area (Å²) in [5.41, 5.74) is 0.728. The van der Waals surface area contributed by atoms with Crippen molar-refractivity contribution in [1.29, 1.82) is 0 Å². The SMILES string of the molecule is COc1cc2c(C)cc(=O)oc2c(OC)c1OC. The van der Waals surface area contributed by atoms with E-state index in [-0.39, 0.29) is 0 Å². The molecule has 0 saturated carbocycles. The number of ether oxygens (including phenoxy) is 3. The van der Waals surface area contributed by atoms with E-state index in [0.29, 0.717) is 22.8 Å². The normalized spacial score (nSPS) is 10.4. The topological polar surface area (TPSA) is 57.9 Å². The molecule has 2 aromatic rings. The van der Waals surface area contributed by atoms with Crippen LogP contribution >= 0.6 is 0 Å². The van der Waals surface area contributed by atoms with E-state index in [1.54, 1.807) is 6.07 Å². The molecule has 5 nitrogen and oxygen atoms in total. The predicted octanol–water partition coefficient (Wildman–Crippen LogP) is 2.13. The molecule has 0 aliphatic rings. The zero-order valence-corrected chi connectivity index (χ0v) is 10.7. The highest BCUT2D eigenvalue weighted by Crippen LogP contribution is 2.43. The molecule has 0 aliphatic carbocycles. The molecule has 1 aromatic carbocycles. The molecule has 1 heterocycles. The number of hydrogen-bond donors (Lipinski definition) is 0. The van der Waals surface area contributed by atoms with Gasteiger partial charge in [-0.15, -0.1) is 0 Å². The maximum atomic E-state index is 11.4. The zero-order chi connectivity index (χ0) is 13.3. The van der Waals surface area contributed by atoms with E-state index in [1.807, 2.05) is 6.92 Å². The number of rotatable bonds is 3. The summed E-state index contributed by atoms with van der Waals surface area (Å²) in [6.07, 6.45) is 0. The fraction of sp³-hybridized carbons (Fsp3) is 0.308. The summed E-state index contributed by atoms with van der Waals surface area (Å²) in [4.78, 5) is 11.4. The number of aryl methyl sites for hydroxylation is 1. The molecule has 0 N–H and O–H groups in total. The second kappa shape index (κ2) is 4.60. The Hall–Kier alpha value is -2.17. The monoisotopic (exact) mass is 250 g/mol. The summed E-state index contributed by atoms with van der Waals surface area (Å²) in [7, 11) is 4.52. The molecule has 18 heavy (non-hydrogen) atoms. The van der Waals surface area contributed by atoms with Crippen molar-refractivity contribution in [2.45, 2.75) is 6.92 Å². The summed E-state index contributed by atoms with van der Waals surface area (Å²) in [5, 5.41) is 0.754. The molecular weight excluding hydrogens is 236 g/mol. The van der Waals surface area contributed by atoms with Crippen LogP contribution in [-0.2, 0) is 0 Å². The first kappa shape index (κ1) is 12.3. The van der Waals surface area contributed by atoms with Gasteiger partial charge in [0.05, 0.1) is 21.3 Å². The smallest absolute Gasteiger partial charge is 0.336 e. The minimum absolute atomic E-state index is 0.354. The van der Waals surface area contributed by atoms with Crippen LogP contribution in [0.4, 0.5) is 0 Å². The maximum absolute atomic E-state index is 11.4. The van der Waals surface area contributed by atoms with E-state index in [9.17, 15) is 4.79 Å². The Morgan fingerprint density at radius 1 is 1.00 bits per heavy atom. The highest BCUT2D eigenvalue weighted by atomic mass is 16.5. The van der Waals surface area contributed by atoms with Crippen LogP contribution in [0.1, 0.15) is 5.56 Å². The van der Waals surface area contributed by atoms with Gasteiger partial charge in [0.2, 0.25) is 11.5 Å². The van der Waals surface area contributed by atoms with E-state index in [4.69, 9.17) is 18.6 Å². The molecule has 0 amide bonds. The standard InChI is InChI=1S/C13H14O5/c1-7-5-10(14)18-11-8(7)6-9(15-2)12(16-3)13(11)17-4/h5-6H,1-4H3. The molecule has 0 unspecified atom stereocenters. The second-order valence-corrected chi connectivity index (χ2v) is 3.77. The molecule has 0 fully saturated rings. The third kappa shape index (κ3) is 1.77. The lowest BCUT2D eigenvalue weighted by atomic mass is 10.1. The van der Waals surface area contributed by atoms with Crippen molar-refractivity contribution in [3.63, 3.8) is 0 Å². The van der Waals surface area contributed by atoms with Gasteiger partial charge in [-0.3, -0.25) is 0 Å². The quantitative estimate of drug-likeness (QED) is 0.781. The maximum Gasteiger partial charge on any atom is 0.336 e. The van der Waals surface area contributed by atoms with E-state index in [1.165, 1.54) is 27.4 Å². The van der Waals surface area contributed by atoms with Crippen LogP contribution in [0, 0.1) is 6.92 Å². The summed E-state index contributed by atoms with van der Waals surface area (Å²) in [6.45, 7) is 1.82. The Morgan fingerprint density at radius 2 is 1.67 bits per heavy atom. The fourth-order valence-corrected chi connectivity index (χ4v) is 1.91. The lowest BCUT2D eigenvalue weighted by Crippen LogP contribution is -2.01. The molecule has 0 bridgehead atoms. The van der Waals surface area contributed by atoms with Crippen molar-refractivity contribution in [2.24, 2.45) is 0 Å². The molecule has 0 spiro atoms. The molecule has 5 heteroatoms. The van der Waals surface area contributed by atoms with Crippen molar-refractivity contribution in [3.05, 3.63) is 28.1 Å². The minimum Gasteiger partial charge on any atom is -0.493 e. The van der Waals surface area contributed by atoms with Crippen molar-refractivity contribution in [3.8, 4) is 17.2 Å². The molecule has 0 aliphatic heterocycles. The van der Waals surface area contributed by atoms with Gasteiger partial charge in [-0.1, -0.05) is 0 Å². The van der Waals surface area contributed by atoms with Gasteiger partial charge >= 0.3 is 5.63 Å². The molecule has 2 rings (SSSR count). The average Bonchev–Trinajstić information content (AvgIpc) is 2.36. The third-order valence-electron chi connectivity index (χ3n) is 2.75. The van der Waals surface area contributed by atoms with Crippen LogP contribution in [0.3, 0.4) is 0 Å². The molecular formula is C13H14O5. The molecule has 0 radical (unpaired) electrons. The number of benzene rings is 1. The van der Waals surface area contributed by atoms with Crippen LogP contribution in [0.5, 0.6) is 17.2 Å². The molecule has 0 saturated heterocycles. The van der Waals surface area contributed by atoms with Crippen molar-refractivity contribution < 1.29 is 18.6 Å². The van der Waals surface area contributed by atoms with E-state index >= 15 is 0 Å². The molecule has 1 aromatic heterocycles. The Bertz CT molecular complexity index is 642. The van der Waals surface area contributed by atoms with Crippen molar-refractivity contribution in [2.75, 3.05) is 21.3 Å². The van der Waals surface area contributed by atoms with Crippen LogP contribution < -0.4 is 19.8 Å². The van der Waals surface area contributed by atoms with Crippen LogP contribution in [0.2, 0.25) is 0 Å². The largest absolute Gasteiger partial charge is 0.493 e. The van der Waals surface area contributed by atoms with E-state index in [0.717, 1.165) is 10.9 Å². The van der Waals surface area contributed by atoms with E-state index < -0.39 is 5.63 Å². The molecule has 0 atom stereocenters. The zero-order valence-electron chi connectivity index (χ0n) is 10.7. The van der Waals surface area contributed by atoms with Gasteiger partial charge in [0.1, 0.15) is 0 Å². The minimum atomic E-state index is -0.425. The first-order chi connectivity index (χ1) is 8.62. The van der Waals surface area contributed by atoms with Gasteiger partial charge < -0.3 is 18.6 Å². The van der Waals surface area contributed by atoms with Gasteiger partial charge in [-0.2, -0.15) is 0 Å². The first-order valence-electron chi connectivity index (χ1n) is 5.35. The Morgan fingerprint density at radius 3 is 2.22 bits per heavy atom. The van der Waals surface area contributed by atoms with Crippen molar-refractivity contribution in [1.82, 2.24) is 0 Å². The third-order valence-corrected chi connectivity index (χ3v) is 2.75. The lowest BCUT2D eigenvalue weighted by molar-refractivity contribution is 0.323. The Balaban J connectivity index is 2.97. The summed E-state index contributed by atoms with van der Waals surface area (Å²) >= 11 is 0. The summed E-state index contributed by atoms with van der Waals surface area (Å²) in [5.74, 6) is 1.28. The highest BCUT2D eigenvalue weighted by molar-refractivity contribution is 5.90. The first-order valence-corrected chi connectivity index (χ1v) is 5.35. The van der Waals surface area contributed by atoms with Gasteiger partial charge in [-0.05, 0) is 18.6 Å². The summed E-state index contributed by atoms with van der Waals surface area (Å²) in [6, 6.07) is 3.18. The van der Waals surface area contributed by atoms with Crippen LogP contribution in [0.25, 0.3) is 11.0 Å². The summed E-state index contributed by atoms with van der Waals surface area (Å²) < 4.78 is 20.9. The van der Waals surface area contributed by atoms with Gasteiger partial charge in [0, 0.05) is 11.5 Å². The second-order valence-electron chi connectivity index (χ2n) is 3.77. The van der Waals surface area contributed by atoms with E-state index in [2.05, 4.69) is 0 Å². The van der Waals surface area contributed by atoms with Crippen LogP contribution in [0.15, 0.2) is 21.3 Å². The number of fused-ring (bicyclic) bond motifs is 1. The number of methoxy groups -OCH3 is 3. The van der Waals surface area contributed by atoms with Gasteiger partial charge in [0.25, 0.3) is 0 Å². The Kier molecular flexibility index (Phi) is 3.14. The Labute approximate surface area is 104 Å². The predicted molar refractivity (Wildman–Crippen MR) is 66.9 cm³/mol. The lowest BCUT2D eigenvalue weighted by Gasteiger charge is -2.14. The number of hydrogen-bond acceptors (Lipinski definition) is 5. The fourth-order valence-electron chi connectivity index (χ4n) is 1.91. The molecule has 96 valence electrons. The highest BCUT2D eigenvalue weighted by Gasteiger charge is 2.19. The van der Waals surface area contributed by atoms with Gasteiger partial charge in [-0.25, -0.2) is 4.79 Å². The van der Waals surface area contributed by atoms with Crippen molar-refractivity contribution >= 4 is 11.0 Å². The van der Waals surface area contributed by atoms with Crippen LogP contribution in [-0.4, -0.2) is 21.3 Å².